The fourth-order valence-electron chi connectivity index (χ4n) is 2.04. The molecular formula is C11H16N2O2. The zero-order valence-electron chi connectivity index (χ0n) is 8.93. The number of carbonyl (C=O) groups is 1. The molecule has 1 atom stereocenters. The van der Waals surface area contributed by atoms with Gasteiger partial charge in [-0.1, -0.05) is 0 Å². The lowest BCUT2D eigenvalue weighted by atomic mass is 9.99. The Morgan fingerprint density at radius 1 is 1.40 bits per heavy atom. The van der Waals surface area contributed by atoms with Crippen molar-refractivity contribution in [3.8, 4) is 0 Å². The van der Waals surface area contributed by atoms with E-state index in [0.717, 1.165) is 25.9 Å². The first kappa shape index (κ1) is 10.1. The van der Waals surface area contributed by atoms with E-state index < -0.39 is 0 Å². The lowest BCUT2D eigenvalue weighted by Gasteiger charge is -2.33. The third-order valence-corrected chi connectivity index (χ3v) is 2.85. The number of nitrogens with zero attached hydrogens (tertiary/aromatic N) is 2. The highest BCUT2D eigenvalue weighted by molar-refractivity contribution is 5.72. The number of esters is 1. The molecule has 4 nitrogen and oxygen atoms in total. The van der Waals surface area contributed by atoms with Crippen molar-refractivity contribution in [2.75, 3.05) is 25.2 Å². The van der Waals surface area contributed by atoms with Crippen LogP contribution in [0.25, 0.3) is 0 Å². The first-order chi connectivity index (χ1) is 7.31. The van der Waals surface area contributed by atoms with Gasteiger partial charge in [0.15, 0.2) is 0 Å². The van der Waals surface area contributed by atoms with E-state index in [1.807, 2.05) is 29.2 Å². The molecule has 1 aromatic heterocycles. The van der Waals surface area contributed by atoms with E-state index in [-0.39, 0.29) is 11.9 Å². The van der Waals surface area contributed by atoms with E-state index in [1.54, 1.807) is 0 Å². The second kappa shape index (κ2) is 4.38. The summed E-state index contributed by atoms with van der Waals surface area (Å²) in [6.45, 7) is 1.75. The molecule has 0 amide bonds. The molecule has 0 saturated carbocycles. The molecular weight excluding hydrogens is 192 g/mol. The molecule has 0 radical (unpaired) electrons. The van der Waals surface area contributed by atoms with E-state index in [4.69, 9.17) is 4.74 Å². The minimum atomic E-state index is -0.0909. The summed E-state index contributed by atoms with van der Waals surface area (Å²) in [5.74, 6) is -0.0713. The molecule has 0 spiro atoms. The molecule has 2 heterocycles. The Morgan fingerprint density at radius 2 is 2.13 bits per heavy atom. The third kappa shape index (κ3) is 2.14. The molecule has 15 heavy (non-hydrogen) atoms. The SMILES string of the molecule is COC(=O)C1CCCN(n2cccc2)C1. The van der Waals surface area contributed by atoms with Crippen LogP contribution in [0.3, 0.4) is 0 Å². The normalized spacial score (nSPS) is 21.4. The topological polar surface area (TPSA) is 34.5 Å². The Labute approximate surface area is 89.4 Å². The summed E-state index contributed by atoms with van der Waals surface area (Å²) >= 11 is 0. The highest BCUT2D eigenvalue weighted by atomic mass is 16.5. The second-order valence-corrected chi connectivity index (χ2v) is 3.84. The van der Waals surface area contributed by atoms with Gasteiger partial charge in [-0.05, 0) is 25.0 Å². The molecule has 1 aliphatic rings. The van der Waals surface area contributed by atoms with Crippen LogP contribution in [0.2, 0.25) is 0 Å². The van der Waals surface area contributed by atoms with E-state index >= 15 is 0 Å². The summed E-state index contributed by atoms with van der Waals surface area (Å²) in [4.78, 5) is 11.4. The monoisotopic (exact) mass is 208 g/mol. The van der Waals surface area contributed by atoms with Crippen LogP contribution in [-0.4, -0.2) is 30.8 Å². The van der Waals surface area contributed by atoms with Crippen LogP contribution >= 0.6 is 0 Å². The van der Waals surface area contributed by atoms with Gasteiger partial charge in [-0.25, -0.2) is 0 Å². The fraction of sp³-hybridized carbons (Fsp3) is 0.545. The number of aromatic nitrogens is 1. The predicted molar refractivity (Wildman–Crippen MR) is 57.1 cm³/mol. The average Bonchev–Trinajstić information content (AvgIpc) is 2.82. The molecule has 1 aliphatic heterocycles. The van der Waals surface area contributed by atoms with Crippen LogP contribution in [-0.2, 0) is 9.53 Å². The Morgan fingerprint density at radius 3 is 2.80 bits per heavy atom. The molecule has 0 aliphatic carbocycles. The van der Waals surface area contributed by atoms with Gasteiger partial charge in [0.05, 0.1) is 13.0 Å². The summed E-state index contributed by atoms with van der Waals surface area (Å²) in [6.07, 6.45) is 5.97. The maximum Gasteiger partial charge on any atom is 0.310 e. The molecule has 0 bridgehead atoms. The van der Waals surface area contributed by atoms with Crippen LogP contribution < -0.4 is 5.01 Å². The summed E-state index contributed by atoms with van der Waals surface area (Å²) < 4.78 is 6.82. The van der Waals surface area contributed by atoms with Gasteiger partial charge in [0.25, 0.3) is 0 Å². The third-order valence-electron chi connectivity index (χ3n) is 2.85. The Hall–Kier alpha value is -1.45. The maximum atomic E-state index is 11.4. The Bertz CT molecular complexity index is 321. The van der Waals surface area contributed by atoms with Crippen LogP contribution in [0.1, 0.15) is 12.8 Å². The number of ether oxygens (including phenoxy) is 1. The van der Waals surface area contributed by atoms with Crippen LogP contribution in [0.5, 0.6) is 0 Å². The van der Waals surface area contributed by atoms with Gasteiger partial charge in [0.2, 0.25) is 0 Å². The largest absolute Gasteiger partial charge is 0.469 e. The second-order valence-electron chi connectivity index (χ2n) is 3.84. The van der Waals surface area contributed by atoms with Gasteiger partial charge in [0, 0.05) is 25.5 Å². The summed E-state index contributed by atoms with van der Waals surface area (Å²) in [7, 11) is 1.46. The van der Waals surface area contributed by atoms with Crippen molar-refractivity contribution in [2.24, 2.45) is 5.92 Å². The van der Waals surface area contributed by atoms with Gasteiger partial charge < -0.3 is 9.75 Å². The fourth-order valence-corrected chi connectivity index (χ4v) is 2.04. The van der Waals surface area contributed by atoms with Gasteiger partial charge in [-0.3, -0.25) is 9.47 Å². The molecule has 2 rings (SSSR count). The molecule has 0 N–H and O–H groups in total. The van der Waals surface area contributed by atoms with E-state index in [0.29, 0.717) is 0 Å². The van der Waals surface area contributed by atoms with Crippen molar-refractivity contribution in [1.82, 2.24) is 4.68 Å². The highest BCUT2D eigenvalue weighted by Crippen LogP contribution is 2.16. The maximum absolute atomic E-state index is 11.4. The van der Waals surface area contributed by atoms with Crippen molar-refractivity contribution in [3.63, 3.8) is 0 Å². The predicted octanol–water partition coefficient (Wildman–Crippen LogP) is 1.01. The molecule has 1 fully saturated rings. The average molecular weight is 208 g/mol. The van der Waals surface area contributed by atoms with Crippen molar-refractivity contribution in [2.45, 2.75) is 12.8 Å². The minimum Gasteiger partial charge on any atom is -0.469 e. The summed E-state index contributed by atoms with van der Waals surface area (Å²) in [5, 5.41) is 2.17. The lowest BCUT2D eigenvalue weighted by Crippen LogP contribution is -2.44. The van der Waals surface area contributed by atoms with Gasteiger partial charge >= 0.3 is 5.97 Å². The van der Waals surface area contributed by atoms with Gasteiger partial charge in [-0.15, -0.1) is 0 Å². The summed E-state index contributed by atoms with van der Waals surface area (Å²) in [6, 6.07) is 3.98. The van der Waals surface area contributed by atoms with Crippen LogP contribution in [0.4, 0.5) is 0 Å². The lowest BCUT2D eigenvalue weighted by molar-refractivity contribution is -0.145. The Balaban J connectivity index is 2.01. The van der Waals surface area contributed by atoms with E-state index in [9.17, 15) is 4.79 Å². The van der Waals surface area contributed by atoms with Crippen molar-refractivity contribution in [3.05, 3.63) is 24.5 Å². The van der Waals surface area contributed by atoms with E-state index in [1.165, 1.54) is 7.11 Å². The van der Waals surface area contributed by atoms with E-state index in [2.05, 4.69) is 5.01 Å². The first-order valence-electron chi connectivity index (χ1n) is 5.27. The van der Waals surface area contributed by atoms with Gasteiger partial charge in [-0.2, -0.15) is 0 Å². The van der Waals surface area contributed by atoms with Crippen molar-refractivity contribution < 1.29 is 9.53 Å². The molecule has 82 valence electrons. The number of hydrogen-bond acceptors (Lipinski definition) is 3. The number of carbonyl (C=O) groups excluding carboxylic acids is 1. The van der Waals surface area contributed by atoms with Crippen molar-refractivity contribution in [1.29, 1.82) is 0 Å². The molecule has 0 aromatic carbocycles. The van der Waals surface area contributed by atoms with Crippen LogP contribution in [0, 0.1) is 5.92 Å². The molecule has 1 unspecified atom stereocenters. The zero-order chi connectivity index (χ0) is 10.7. The minimum absolute atomic E-state index is 0.0196. The quantitative estimate of drug-likeness (QED) is 0.680. The molecule has 4 heteroatoms. The number of rotatable bonds is 2. The highest BCUT2D eigenvalue weighted by Gasteiger charge is 2.26. The standard InChI is InChI=1S/C11H16N2O2/c1-15-11(14)10-5-4-8-13(9-10)12-6-2-3-7-12/h2-3,6-7,10H,4-5,8-9H2,1H3. The number of methoxy groups -OCH3 is 1. The number of hydrogen-bond donors (Lipinski definition) is 0. The smallest absolute Gasteiger partial charge is 0.310 e. The van der Waals surface area contributed by atoms with Crippen molar-refractivity contribution >= 4 is 5.97 Å². The molecule has 1 aromatic rings. The first-order valence-corrected chi connectivity index (χ1v) is 5.27. The molecule has 1 saturated heterocycles. The zero-order valence-corrected chi connectivity index (χ0v) is 8.93. The Kier molecular flexibility index (Phi) is 2.94. The summed E-state index contributed by atoms with van der Waals surface area (Å²) in [5.41, 5.74) is 0. The van der Waals surface area contributed by atoms with Crippen LogP contribution in [0.15, 0.2) is 24.5 Å². The van der Waals surface area contributed by atoms with Gasteiger partial charge in [0.1, 0.15) is 0 Å². The number of piperidine rings is 1.